The molecule has 0 bridgehead atoms. The fraction of sp³-hybridized carbons (Fsp3) is 0.0435. The standard InChI is InChI=1S/C23H14F4N6O2S/c24-18-9-8-16(13-17(18)23(25,26)27)36(34,35)32-15-6-4-14(5-7-15)19-10-11-21-29-30-22(33(21)31-19)20-3-1-2-12-28-20/h1-13,32H. The number of hydrogen-bond acceptors (Lipinski definition) is 6. The van der Waals surface area contributed by atoms with Crippen LogP contribution >= 0.6 is 0 Å². The Balaban J connectivity index is 1.42. The smallest absolute Gasteiger partial charge is 0.280 e. The van der Waals surface area contributed by atoms with Gasteiger partial charge in [-0.2, -0.15) is 22.8 Å². The van der Waals surface area contributed by atoms with Crippen molar-refractivity contribution in [3.63, 3.8) is 0 Å². The topological polar surface area (TPSA) is 102 Å². The summed E-state index contributed by atoms with van der Waals surface area (Å²) in [4.78, 5) is 3.54. The van der Waals surface area contributed by atoms with Crippen LogP contribution in [0.15, 0.2) is 83.9 Å². The van der Waals surface area contributed by atoms with Gasteiger partial charge < -0.3 is 0 Å². The summed E-state index contributed by atoms with van der Waals surface area (Å²) in [7, 11) is -4.41. The van der Waals surface area contributed by atoms with Gasteiger partial charge >= 0.3 is 6.18 Å². The lowest BCUT2D eigenvalue weighted by atomic mass is 10.1. The number of alkyl halides is 3. The number of pyridine rings is 1. The van der Waals surface area contributed by atoms with Crippen molar-refractivity contribution >= 4 is 21.4 Å². The van der Waals surface area contributed by atoms with E-state index in [4.69, 9.17) is 0 Å². The zero-order valence-electron chi connectivity index (χ0n) is 18.0. The molecule has 0 aliphatic carbocycles. The summed E-state index contributed by atoms with van der Waals surface area (Å²) in [6.07, 6.45) is -3.41. The Morgan fingerprint density at radius 1 is 0.861 bits per heavy atom. The van der Waals surface area contributed by atoms with Crippen LogP contribution in [0, 0.1) is 5.82 Å². The highest BCUT2D eigenvalue weighted by Gasteiger charge is 2.35. The quantitative estimate of drug-likeness (QED) is 0.338. The summed E-state index contributed by atoms with van der Waals surface area (Å²) in [5.41, 5.74) is 0.663. The Kier molecular flexibility index (Phi) is 5.63. The molecule has 5 rings (SSSR count). The molecule has 0 fully saturated rings. The molecule has 5 aromatic rings. The molecule has 0 amide bonds. The van der Waals surface area contributed by atoms with Gasteiger partial charge in [-0.1, -0.05) is 18.2 Å². The zero-order valence-corrected chi connectivity index (χ0v) is 18.8. The van der Waals surface area contributed by atoms with Crippen molar-refractivity contribution in [3.05, 3.63) is 90.4 Å². The Labute approximate surface area is 201 Å². The van der Waals surface area contributed by atoms with E-state index in [9.17, 15) is 26.0 Å². The highest BCUT2D eigenvalue weighted by atomic mass is 32.2. The van der Waals surface area contributed by atoms with Crippen molar-refractivity contribution in [2.24, 2.45) is 0 Å². The van der Waals surface area contributed by atoms with E-state index in [1.807, 2.05) is 6.07 Å². The maximum atomic E-state index is 13.5. The molecule has 3 heterocycles. The lowest BCUT2D eigenvalue weighted by Gasteiger charge is -2.12. The van der Waals surface area contributed by atoms with Gasteiger partial charge in [-0.25, -0.2) is 12.8 Å². The third-order valence-electron chi connectivity index (χ3n) is 5.14. The number of rotatable bonds is 5. The molecule has 2 aromatic carbocycles. The maximum absolute atomic E-state index is 13.5. The summed E-state index contributed by atoms with van der Waals surface area (Å²) in [5, 5.41) is 12.8. The molecule has 182 valence electrons. The molecule has 36 heavy (non-hydrogen) atoms. The van der Waals surface area contributed by atoms with Gasteiger partial charge in [-0.15, -0.1) is 10.2 Å². The van der Waals surface area contributed by atoms with Crippen molar-refractivity contribution in [2.75, 3.05) is 4.72 Å². The molecule has 1 N–H and O–H groups in total. The minimum absolute atomic E-state index is 0.0937. The summed E-state index contributed by atoms with van der Waals surface area (Å²) in [6.45, 7) is 0. The lowest BCUT2D eigenvalue weighted by Crippen LogP contribution is -2.15. The third-order valence-corrected chi connectivity index (χ3v) is 6.52. The minimum Gasteiger partial charge on any atom is -0.280 e. The monoisotopic (exact) mass is 514 g/mol. The van der Waals surface area contributed by atoms with Crippen LogP contribution in [0.25, 0.3) is 28.4 Å². The van der Waals surface area contributed by atoms with E-state index in [1.165, 1.54) is 16.6 Å². The van der Waals surface area contributed by atoms with Gasteiger partial charge in [-0.3, -0.25) is 9.71 Å². The molecule has 13 heteroatoms. The molecule has 0 saturated carbocycles. The highest BCUT2D eigenvalue weighted by Crippen LogP contribution is 2.33. The molecule has 0 atom stereocenters. The van der Waals surface area contributed by atoms with Crippen LogP contribution in [-0.2, 0) is 16.2 Å². The molecular formula is C23H14F4N6O2S. The van der Waals surface area contributed by atoms with Crippen molar-refractivity contribution in [3.8, 4) is 22.8 Å². The number of fused-ring (bicyclic) bond motifs is 1. The fourth-order valence-electron chi connectivity index (χ4n) is 3.41. The average molecular weight is 514 g/mol. The van der Waals surface area contributed by atoms with Crippen molar-refractivity contribution in [2.45, 2.75) is 11.1 Å². The molecular weight excluding hydrogens is 500 g/mol. The summed E-state index contributed by atoms with van der Waals surface area (Å²) < 4.78 is 81.4. The van der Waals surface area contributed by atoms with Crippen LogP contribution in [0.1, 0.15) is 5.56 Å². The number of nitrogens with one attached hydrogen (secondary N) is 1. The van der Waals surface area contributed by atoms with Gasteiger partial charge in [0.25, 0.3) is 10.0 Å². The van der Waals surface area contributed by atoms with Crippen molar-refractivity contribution < 1.29 is 26.0 Å². The molecule has 0 unspecified atom stereocenters. The van der Waals surface area contributed by atoms with Crippen LogP contribution < -0.4 is 4.72 Å². The second kappa shape index (κ2) is 8.68. The second-order valence-corrected chi connectivity index (χ2v) is 9.23. The number of nitrogens with zero attached hydrogens (tertiary/aromatic N) is 5. The summed E-state index contributed by atoms with van der Waals surface area (Å²) in [5.74, 6) is -1.12. The zero-order chi connectivity index (χ0) is 25.5. The van der Waals surface area contributed by atoms with Crippen LogP contribution in [0.3, 0.4) is 0 Å². The third kappa shape index (κ3) is 4.47. The number of halogens is 4. The van der Waals surface area contributed by atoms with Gasteiger partial charge in [0.15, 0.2) is 5.65 Å². The van der Waals surface area contributed by atoms with E-state index in [1.54, 1.807) is 42.6 Å². The Morgan fingerprint density at radius 2 is 1.64 bits per heavy atom. The van der Waals surface area contributed by atoms with Crippen molar-refractivity contribution in [1.82, 2.24) is 24.8 Å². The van der Waals surface area contributed by atoms with Crippen LogP contribution in [-0.4, -0.2) is 33.2 Å². The molecule has 3 aromatic heterocycles. The molecule has 0 radical (unpaired) electrons. The molecule has 0 saturated heterocycles. The van der Waals surface area contributed by atoms with Gasteiger partial charge in [0.2, 0.25) is 5.82 Å². The van der Waals surface area contributed by atoms with Gasteiger partial charge in [0, 0.05) is 17.4 Å². The number of benzene rings is 2. The first-order valence-corrected chi connectivity index (χ1v) is 11.7. The molecule has 0 spiro atoms. The Bertz CT molecular complexity index is 1670. The molecule has 8 nitrogen and oxygen atoms in total. The number of sulfonamides is 1. The van der Waals surface area contributed by atoms with Crippen LogP contribution in [0.2, 0.25) is 0 Å². The van der Waals surface area contributed by atoms with E-state index < -0.39 is 32.5 Å². The Hall–Kier alpha value is -4.39. The predicted octanol–water partition coefficient (Wildman–Crippen LogP) is 4.81. The van der Waals surface area contributed by atoms with Gasteiger partial charge in [-0.05, 0) is 54.6 Å². The van der Waals surface area contributed by atoms with E-state index in [2.05, 4.69) is 25.0 Å². The normalized spacial score (nSPS) is 12.1. The largest absolute Gasteiger partial charge is 0.419 e. The van der Waals surface area contributed by atoms with Crippen LogP contribution in [0.4, 0.5) is 23.2 Å². The Morgan fingerprint density at radius 3 is 2.33 bits per heavy atom. The number of aromatic nitrogens is 5. The summed E-state index contributed by atoms with van der Waals surface area (Å²) in [6, 6.07) is 16.3. The van der Waals surface area contributed by atoms with E-state index >= 15 is 0 Å². The number of hydrogen-bond donors (Lipinski definition) is 1. The maximum Gasteiger partial charge on any atom is 0.419 e. The average Bonchev–Trinajstić information content (AvgIpc) is 3.27. The molecule has 0 aliphatic rings. The van der Waals surface area contributed by atoms with Crippen LogP contribution in [0.5, 0.6) is 0 Å². The SMILES string of the molecule is O=S(=O)(Nc1ccc(-c2ccc3nnc(-c4ccccn4)n3n2)cc1)c1ccc(F)c(C(F)(F)F)c1. The first-order valence-electron chi connectivity index (χ1n) is 10.3. The van der Waals surface area contributed by atoms with Crippen molar-refractivity contribution in [1.29, 1.82) is 0 Å². The fourth-order valence-corrected chi connectivity index (χ4v) is 4.49. The summed E-state index contributed by atoms with van der Waals surface area (Å²) >= 11 is 0. The second-order valence-electron chi connectivity index (χ2n) is 7.55. The first-order chi connectivity index (χ1) is 17.1. The predicted molar refractivity (Wildman–Crippen MR) is 122 cm³/mol. The van der Waals surface area contributed by atoms with Gasteiger partial charge in [0.05, 0.1) is 16.2 Å². The van der Waals surface area contributed by atoms with E-state index in [0.717, 1.165) is 6.07 Å². The first kappa shape index (κ1) is 23.4. The minimum atomic E-state index is -5.04. The van der Waals surface area contributed by atoms with E-state index in [-0.39, 0.29) is 11.8 Å². The molecule has 0 aliphatic heterocycles. The number of anilines is 1. The lowest BCUT2D eigenvalue weighted by molar-refractivity contribution is -0.140. The van der Waals surface area contributed by atoms with Gasteiger partial charge in [0.1, 0.15) is 11.5 Å². The van der Waals surface area contributed by atoms with E-state index in [0.29, 0.717) is 34.5 Å². The highest BCUT2D eigenvalue weighted by molar-refractivity contribution is 7.92.